The second-order valence-corrected chi connectivity index (χ2v) is 7.56. The summed E-state index contributed by atoms with van der Waals surface area (Å²) in [5, 5.41) is 9.71. The monoisotopic (exact) mass is 438 g/mol. The Morgan fingerprint density at radius 3 is 2.25 bits per heavy atom. The van der Waals surface area contributed by atoms with Gasteiger partial charge in [0.2, 0.25) is 11.9 Å². The van der Waals surface area contributed by atoms with Crippen LogP contribution in [0, 0.1) is 32.4 Å². The third kappa shape index (κ3) is 4.48. The van der Waals surface area contributed by atoms with Crippen molar-refractivity contribution in [2.24, 2.45) is 0 Å². The van der Waals surface area contributed by atoms with Crippen LogP contribution in [0.1, 0.15) is 16.8 Å². The van der Waals surface area contributed by atoms with Crippen molar-refractivity contribution in [1.29, 1.82) is 0 Å². The molecule has 164 valence electrons. The molecule has 0 radical (unpaired) electrons. The summed E-state index contributed by atoms with van der Waals surface area (Å²) in [6.07, 6.45) is 0. The van der Waals surface area contributed by atoms with E-state index in [-0.39, 0.29) is 11.6 Å². The van der Waals surface area contributed by atoms with Gasteiger partial charge in [0.05, 0.1) is 0 Å². The van der Waals surface area contributed by atoms with Crippen molar-refractivity contribution in [2.45, 2.75) is 27.3 Å². The van der Waals surface area contributed by atoms with Crippen molar-refractivity contribution in [3.8, 4) is 0 Å². The normalized spacial score (nSPS) is 11.0. The van der Waals surface area contributed by atoms with E-state index < -0.39 is 29.8 Å². The first-order chi connectivity index (χ1) is 15.2. The predicted molar refractivity (Wildman–Crippen MR) is 116 cm³/mol. The maximum Gasteiger partial charge on any atom is 0.353 e. The molecule has 4 aromatic rings. The van der Waals surface area contributed by atoms with Gasteiger partial charge in [-0.2, -0.15) is 0 Å². The number of nitrogens with one attached hydrogen (secondary N) is 2. The second-order valence-electron chi connectivity index (χ2n) is 7.56. The lowest BCUT2D eigenvalue weighted by molar-refractivity contribution is -0.117. The van der Waals surface area contributed by atoms with Crippen LogP contribution in [0.4, 0.5) is 26.1 Å². The standard InChI is InChI=1S/C22H20F2N6O2/c1-12-4-13(2)6-17(5-12)27-21-25-14(3)7-19-28-29(22(32)30(19)21)11-20(31)26-18-9-15(23)8-16(24)10-18/h4-10H,11H2,1-3H3,(H,25,27)(H,26,31). The average Bonchev–Trinajstić information content (AvgIpc) is 2.95. The first-order valence-electron chi connectivity index (χ1n) is 9.76. The summed E-state index contributed by atoms with van der Waals surface area (Å²) in [5.41, 5.74) is 3.14. The van der Waals surface area contributed by atoms with Crippen molar-refractivity contribution >= 4 is 28.9 Å². The van der Waals surface area contributed by atoms with E-state index >= 15 is 0 Å². The molecule has 0 saturated heterocycles. The Bertz CT molecular complexity index is 1370. The maximum atomic E-state index is 13.3. The summed E-state index contributed by atoms with van der Waals surface area (Å²) in [6.45, 7) is 5.25. The van der Waals surface area contributed by atoms with Crippen molar-refractivity contribution in [3.05, 3.63) is 81.4 Å². The van der Waals surface area contributed by atoms with Crippen molar-refractivity contribution in [2.75, 3.05) is 10.6 Å². The zero-order valence-corrected chi connectivity index (χ0v) is 17.6. The van der Waals surface area contributed by atoms with E-state index in [4.69, 9.17) is 0 Å². The van der Waals surface area contributed by atoms with E-state index in [0.29, 0.717) is 17.4 Å². The SMILES string of the molecule is Cc1cc(C)cc(Nc2nc(C)cc3nn(CC(=O)Nc4cc(F)cc(F)c4)c(=O)n23)c1. The highest BCUT2D eigenvalue weighted by Crippen LogP contribution is 2.19. The molecule has 8 nitrogen and oxygen atoms in total. The minimum atomic E-state index is -0.825. The number of hydrogen-bond donors (Lipinski definition) is 2. The summed E-state index contributed by atoms with van der Waals surface area (Å²) in [4.78, 5) is 29.7. The number of carbonyl (C=O) groups excluding carboxylic acids is 1. The Labute approximate surface area is 181 Å². The molecule has 32 heavy (non-hydrogen) atoms. The zero-order valence-electron chi connectivity index (χ0n) is 17.6. The Kier molecular flexibility index (Phi) is 5.43. The first-order valence-corrected chi connectivity index (χ1v) is 9.76. The number of hydrogen-bond acceptors (Lipinski definition) is 5. The van der Waals surface area contributed by atoms with E-state index in [0.717, 1.165) is 33.6 Å². The number of anilines is 3. The van der Waals surface area contributed by atoms with Crippen LogP contribution in [0.2, 0.25) is 0 Å². The number of benzene rings is 2. The highest BCUT2D eigenvalue weighted by atomic mass is 19.1. The Morgan fingerprint density at radius 1 is 0.938 bits per heavy atom. The third-order valence-corrected chi connectivity index (χ3v) is 4.61. The van der Waals surface area contributed by atoms with Crippen LogP contribution in [0.25, 0.3) is 5.65 Å². The van der Waals surface area contributed by atoms with Gasteiger partial charge in [-0.25, -0.2) is 27.6 Å². The highest BCUT2D eigenvalue weighted by Gasteiger charge is 2.16. The van der Waals surface area contributed by atoms with Crippen LogP contribution >= 0.6 is 0 Å². The molecule has 0 aliphatic rings. The van der Waals surface area contributed by atoms with E-state index in [1.807, 2.05) is 32.0 Å². The van der Waals surface area contributed by atoms with Crippen LogP contribution in [0.5, 0.6) is 0 Å². The zero-order chi connectivity index (χ0) is 23.0. The maximum absolute atomic E-state index is 13.3. The molecule has 0 bridgehead atoms. The number of aromatic nitrogens is 4. The molecule has 0 aliphatic heterocycles. The smallest absolute Gasteiger partial charge is 0.325 e. The highest BCUT2D eigenvalue weighted by molar-refractivity contribution is 5.90. The molecular weight excluding hydrogens is 418 g/mol. The van der Waals surface area contributed by atoms with Gasteiger partial charge in [0, 0.05) is 29.2 Å². The van der Waals surface area contributed by atoms with Gasteiger partial charge in [-0.05, 0) is 56.2 Å². The molecule has 0 unspecified atom stereocenters. The Hall–Kier alpha value is -4.08. The van der Waals surface area contributed by atoms with E-state index in [1.54, 1.807) is 13.0 Å². The van der Waals surface area contributed by atoms with E-state index in [9.17, 15) is 18.4 Å². The first kappa shape index (κ1) is 21.2. The number of rotatable bonds is 5. The summed E-state index contributed by atoms with van der Waals surface area (Å²) in [6, 6.07) is 10.1. The van der Waals surface area contributed by atoms with Crippen LogP contribution < -0.4 is 16.3 Å². The van der Waals surface area contributed by atoms with Gasteiger partial charge in [0.1, 0.15) is 18.2 Å². The van der Waals surface area contributed by atoms with Crippen LogP contribution in [-0.4, -0.2) is 25.1 Å². The van der Waals surface area contributed by atoms with Crippen LogP contribution in [0.15, 0.2) is 47.3 Å². The van der Waals surface area contributed by atoms with Crippen molar-refractivity contribution < 1.29 is 13.6 Å². The largest absolute Gasteiger partial charge is 0.353 e. The molecule has 2 aromatic carbocycles. The van der Waals surface area contributed by atoms with Gasteiger partial charge in [0.15, 0.2) is 5.65 Å². The van der Waals surface area contributed by atoms with Crippen LogP contribution in [-0.2, 0) is 11.3 Å². The molecule has 0 atom stereocenters. The van der Waals surface area contributed by atoms with Gasteiger partial charge < -0.3 is 10.6 Å². The van der Waals surface area contributed by atoms with Crippen LogP contribution in [0.3, 0.4) is 0 Å². The van der Waals surface area contributed by atoms with Gasteiger partial charge in [0.25, 0.3) is 0 Å². The fourth-order valence-corrected chi connectivity index (χ4v) is 3.48. The lowest BCUT2D eigenvalue weighted by Crippen LogP contribution is -2.29. The summed E-state index contributed by atoms with van der Waals surface area (Å²) < 4.78 is 28.9. The molecule has 2 heterocycles. The number of aryl methyl sites for hydroxylation is 3. The van der Waals surface area contributed by atoms with Crippen molar-refractivity contribution in [3.63, 3.8) is 0 Å². The topological polar surface area (TPSA) is 93.3 Å². The van der Waals surface area contributed by atoms with Gasteiger partial charge in [-0.15, -0.1) is 5.10 Å². The van der Waals surface area contributed by atoms with Gasteiger partial charge >= 0.3 is 5.69 Å². The lowest BCUT2D eigenvalue weighted by atomic mass is 10.1. The molecule has 0 fully saturated rings. The molecule has 10 heteroatoms. The number of carbonyl (C=O) groups is 1. The molecule has 0 spiro atoms. The molecular formula is C22H20F2N6O2. The van der Waals surface area contributed by atoms with Gasteiger partial charge in [-0.3, -0.25) is 4.79 Å². The minimum absolute atomic E-state index is 0.0565. The fourth-order valence-electron chi connectivity index (χ4n) is 3.48. The summed E-state index contributed by atoms with van der Waals surface area (Å²) >= 11 is 0. The van der Waals surface area contributed by atoms with E-state index in [2.05, 4.69) is 20.7 Å². The lowest BCUT2D eigenvalue weighted by Gasteiger charge is -2.09. The van der Waals surface area contributed by atoms with Crippen molar-refractivity contribution in [1.82, 2.24) is 19.2 Å². The van der Waals surface area contributed by atoms with E-state index in [1.165, 1.54) is 4.40 Å². The molecule has 0 aliphatic carbocycles. The minimum Gasteiger partial charge on any atom is -0.325 e. The average molecular weight is 438 g/mol. The third-order valence-electron chi connectivity index (χ3n) is 4.61. The molecule has 2 aromatic heterocycles. The fraction of sp³-hybridized carbons (Fsp3) is 0.182. The molecule has 4 rings (SSSR count). The molecule has 2 N–H and O–H groups in total. The number of halogens is 2. The number of nitrogens with zero attached hydrogens (tertiary/aromatic N) is 4. The summed E-state index contributed by atoms with van der Waals surface area (Å²) in [5.74, 6) is -2.05. The Balaban J connectivity index is 1.65. The number of fused-ring (bicyclic) bond motifs is 1. The quantitative estimate of drug-likeness (QED) is 0.498. The predicted octanol–water partition coefficient (Wildman–Crippen LogP) is 3.48. The Morgan fingerprint density at radius 2 is 1.59 bits per heavy atom. The molecule has 1 amide bonds. The molecule has 0 saturated carbocycles. The summed E-state index contributed by atoms with van der Waals surface area (Å²) in [7, 11) is 0. The second kappa shape index (κ2) is 8.22. The number of amides is 1. The van der Waals surface area contributed by atoms with Gasteiger partial charge in [-0.1, -0.05) is 6.07 Å².